The quantitative estimate of drug-likeness (QED) is 0.649. The summed E-state index contributed by atoms with van der Waals surface area (Å²) in [6.07, 6.45) is 1.06. The van der Waals surface area contributed by atoms with Crippen molar-refractivity contribution in [1.82, 2.24) is 14.9 Å². The number of benzene rings is 2. The first kappa shape index (κ1) is 19.4. The molecule has 3 aromatic rings. The maximum absolute atomic E-state index is 12.9. The minimum atomic E-state index is 0.0826. The molecule has 1 aliphatic rings. The first-order valence-electron chi connectivity index (χ1n) is 9.56. The second-order valence-corrected chi connectivity index (χ2v) is 7.58. The Morgan fingerprint density at radius 1 is 1.17 bits per heavy atom. The highest BCUT2D eigenvalue weighted by Crippen LogP contribution is 2.29. The largest absolute Gasteiger partial charge is 0.497 e. The third kappa shape index (κ3) is 4.25. The number of aromatic nitrogens is 2. The lowest BCUT2D eigenvalue weighted by atomic mass is 9.98. The summed E-state index contributed by atoms with van der Waals surface area (Å²) in [6, 6.07) is 15.3. The second-order valence-electron chi connectivity index (χ2n) is 7.15. The minimum Gasteiger partial charge on any atom is -0.497 e. The van der Waals surface area contributed by atoms with E-state index in [0.717, 1.165) is 46.1 Å². The molecule has 0 bridgehead atoms. The highest BCUT2D eigenvalue weighted by Gasteiger charge is 2.25. The Bertz CT molecular complexity index is 1050. The SMILES string of the molecule is COc1ccc(-c2nc(C)nc3c2CN(C(=O)Cc2cccc(Cl)c2)CC3)cc1. The van der Waals surface area contributed by atoms with E-state index < -0.39 is 0 Å². The van der Waals surface area contributed by atoms with Gasteiger partial charge >= 0.3 is 0 Å². The highest BCUT2D eigenvalue weighted by atomic mass is 35.5. The van der Waals surface area contributed by atoms with Gasteiger partial charge in [0.15, 0.2) is 0 Å². The first-order chi connectivity index (χ1) is 14.0. The standard InChI is InChI=1S/C23H22ClN3O2/c1-15-25-21-10-11-27(22(28)13-16-4-3-5-18(24)12-16)14-20(21)23(26-15)17-6-8-19(29-2)9-7-17/h3-9,12H,10-11,13-14H2,1-2H3. The topological polar surface area (TPSA) is 55.3 Å². The number of hydrogen-bond acceptors (Lipinski definition) is 4. The van der Waals surface area contributed by atoms with Gasteiger partial charge in [0.2, 0.25) is 5.91 Å². The van der Waals surface area contributed by atoms with Crippen molar-refractivity contribution >= 4 is 17.5 Å². The lowest BCUT2D eigenvalue weighted by molar-refractivity contribution is -0.131. The van der Waals surface area contributed by atoms with Crippen LogP contribution in [0, 0.1) is 6.92 Å². The van der Waals surface area contributed by atoms with Crippen LogP contribution in [0.3, 0.4) is 0 Å². The fraction of sp³-hybridized carbons (Fsp3) is 0.261. The molecule has 0 saturated carbocycles. The summed E-state index contributed by atoms with van der Waals surface area (Å²) < 4.78 is 5.26. The molecular formula is C23H22ClN3O2. The fourth-order valence-corrected chi connectivity index (χ4v) is 3.88. The normalized spacial score (nSPS) is 13.1. The van der Waals surface area contributed by atoms with Gasteiger partial charge in [-0.3, -0.25) is 4.79 Å². The Kier molecular flexibility index (Phi) is 5.49. The van der Waals surface area contributed by atoms with Gasteiger partial charge in [-0.2, -0.15) is 0 Å². The van der Waals surface area contributed by atoms with E-state index in [1.165, 1.54) is 0 Å². The van der Waals surface area contributed by atoms with E-state index in [-0.39, 0.29) is 5.91 Å². The van der Waals surface area contributed by atoms with E-state index in [4.69, 9.17) is 21.3 Å². The average molecular weight is 408 g/mol. The van der Waals surface area contributed by atoms with Gasteiger partial charge in [0.25, 0.3) is 0 Å². The van der Waals surface area contributed by atoms with Crippen molar-refractivity contribution in [1.29, 1.82) is 0 Å². The number of ether oxygens (including phenoxy) is 1. The maximum atomic E-state index is 12.9. The summed E-state index contributed by atoms with van der Waals surface area (Å²) in [4.78, 5) is 24.1. The summed E-state index contributed by atoms with van der Waals surface area (Å²) in [5.74, 6) is 1.62. The summed E-state index contributed by atoms with van der Waals surface area (Å²) in [5, 5.41) is 0.643. The number of rotatable bonds is 4. The number of amides is 1. The zero-order chi connectivity index (χ0) is 20.4. The van der Waals surface area contributed by atoms with Gasteiger partial charge in [-0.05, 0) is 48.9 Å². The fourth-order valence-electron chi connectivity index (χ4n) is 3.67. The minimum absolute atomic E-state index is 0.0826. The molecule has 6 heteroatoms. The van der Waals surface area contributed by atoms with Crippen LogP contribution in [0.4, 0.5) is 0 Å². The van der Waals surface area contributed by atoms with E-state index >= 15 is 0 Å². The van der Waals surface area contributed by atoms with E-state index in [1.807, 2.05) is 60.4 Å². The van der Waals surface area contributed by atoms with Crippen LogP contribution in [0.15, 0.2) is 48.5 Å². The van der Waals surface area contributed by atoms with Crippen molar-refractivity contribution in [2.24, 2.45) is 0 Å². The Morgan fingerprint density at radius 2 is 1.97 bits per heavy atom. The Balaban J connectivity index is 1.61. The van der Waals surface area contributed by atoms with Crippen LogP contribution < -0.4 is 4.74 Å². The van der Waals surface area contributed by atoms with E-state index in [2.05, 4.69) is 4.98 Å². The molecule has 0 unspecified atom stereocenters. The van der Waals surface area contributed by atoms with Crippen molar-refractivity contribution in [2.45, 2.75) is 26.3 Å². The predicted octanol–water partition coefficient (Wildman–Crippen LogP) is 4.24. The van der Waals surface area contributed by atoms with Crippen molar-refractivity contribution in [3.8, 4) is 17.0 Å². The third-order valence-corrected chi connectivity index (χ3v) is 5.37. The zero-order valence-corrected chi connectivity index (χ0v) is 17.2. The molecule has 0 aliphatic carbocycles. The molecule has 0 radical (unpaired) electrons. The van der Waals surface area contributed by atoms with E-state index in [0.29, 0.717) is 24.5 Å². The van der Waals surface area contributed by atoms with Gasteiger partial charge in [0.05, 0.1) is 24.9 Å². The number of nitrogens with zero attached hydrogens (tertiary/aromatic N) is 3. The summed E-state index contributed by atoms with van der Waals surface area (Å²) >= 11 is 6.06. The molecular weight excluding hydrogens is 386 g/mol. The Hall–Kier alpha value is -2.92. The Morgan fingerprint density at radius 3 is 2.69 bits per heavy atom. The molecule has 5 nitrogen and oxygen atoms in total. The Labute approximate surface area is 175 Å². The molecule has 1 aliphatic heterocycles. The number of methoxy groups -OCH3 is 1. The summed E-state index contributed by atoms with van der Waals surface area (Å²) in [7, 11) is 1.65. The number of hydrogen-bond donors (Lipinski definition) is 0. The third-order valence-electron chi connectivity index (χ3n) is 5.13. The highest BCUT2D eigenvalue weighted by molar-refractivity contribution is 6.30. The molecule has 2 heterocycles. The summed E-state index contributed by atoms with van der Waals surface area (Å²) in [5.41, 5.74) is 4.84. The predicted molar refractivity (Wildman–Crippen MR) is 113 cm³/mol. The molecule has 29 heavy (non-hydrogen) atoms. The van der Waals surface area contributed by atoms with Gasteiger partial charge in [-0.15, -0.1) is 0 Å². The number of aryl methyl sites for hydroxylation is 1. The van der Waals surface area contributed by atoms with Crippen LogP contribution in [0.25, 0.3) is 11.3 Å². The summed E-state index contributed by atoms with van der Waals surface area (Å²) in [6.45, 7) is 3.07. The molecule has 0 N–H and O–H groups in total. The lowest BCUT2D eigenvalue weighted by Crippen LogP contribution is -2.37. The lowest BCUT2D eigenvalue weighted by Gasteiger charge is -2.30. The number of carbonyl (C=O) groups is 1. The molecule has 2 aromatic carbocycles. The molecule has 1 amide bonds. The van der Waals surface area contributed by atoms with Crippen LogP contribution in [-0.4, -0.2) is 34.4 Å². The molecule has 0 saturated heterocycles. The number of carbonyl (C=O) groups excluding carboxylic acids is 1. The molecule has 148 valence electrons. The van der Waals surface area contributed by atoms with Crippen LogP contribution in [0.2, 0.25) is 5.02 Å². The van der Waals surface area contributed by atoms with Crippen molar-refractivity contribution in [2.75, 3.05) is 13.7 Å². The van der Waals surface area contributed by atoms with Gasteiger partial charge in [0, 0.05) is 35.7 Å². The van der Waals surface area contributed by atoms with Gasteiger partial charge in [-0.1, -0.05) is 23.7 Å². The first-order valence-corrected chi connectivity index (χ1v) is 9.94. The van der Waals surface area contributed by atoms with Crippen molar-refractivity contribution in [3.63, 3.8) is 0 Å². The number of halogens is 1. The van der Waals surface area contributed by atoms with Crippen molar-refractivity contribution in [3.05, 3.63) is 76.2 Å². The second kappa shape index (κ2) is 8.21. The van der Waals surface area contributed by atoms with E-state index in [9.17, 15) is 4.79 Å². The molecule has 4 rings (SSSR count). The zero-order valence-electron chi connectivity index (χ0n) is 16.5. The molecule has 0 fully saturated rings. The van der Waals surface area contributed by atoms with Gasteiger partial charge in [0.1, 0.15) is 11.6 Å². The van der Waals surface area contributed by atoms with Gasteiger partial charge < -0.3 is 9.64 Å². The van der Waals surface area contributed by atoms with Crippen LogP contribution in [0.5, 0.6) is 5.75 Å². The monoisotopic (exact) mass is 407 g/mol. The van der Waals surface area contributed by atoms with Gasteiger partial charge in [-0.25, -0.2) is 9.97 Å². The van der Waals surface area contributed by atoms with E-state index in [1.54, 1.807) is 7.11 Å². The number of fused-ring (bicyclic) bond motifs is 1. The van der Waals surface area contributed by atoms with Crippen LogP contribution in [-0.2, 0) is 24.2 Å². The molecule has 0 atom stereocenters. The average Bonchev–Trinajstić information content (AvgIpc) is 2.73. The molecule has 0 spiro atoms. The molecule has 1 aromatic heterocycles. The maximum Gasteiger partial charge on any atom is 0.227 e. The van der Waals surface area contributed by atoms with Crippen LogP contribution in [0.1, 0.15) is 22.6 Å². The van der Waals surface area contributed by atoms with Crippen LogP contribution >= 0.6 is 11.6 Å². The van der Waals surface area contributed by atoms with Crippen molar-refractivity contribution < 1.29 is 9.53 Å². The smallest absolute Gasteiger partial charge is 0.227 e.